The lowest BCUT2D eigenvalue weighted by Crippen LogP contribution is -2.42. The molecule has 4 nitrogen and oxygen atoms in total. The van der Waals surface area contributed by atoms with Crippen molar-refractivity contribution in [3.8, 4) is 0 Å². The first kappa shape index (κ1) is 18.8. The molecule has 0 bridgehead atoms. The van der Waals surface area contributed by atoms with Crippen LogP contribution in [-0.2, 0) is 11.2 Å². The number of ketones is 1. The van der Waals surface area contributed by atoms with Crippen LogP contribution < -0.4 is 5.32 Å². The zero-order valence-corrected chi connectivity index (χ0v) is 15.0. The van der Waals surface area contributed by atoms with Gasteiger partial charge in [-0.3, -0.25) is 4.79 Å². The van der Waals surface area contributed by atoms with Crippen molar-refractivity contribution in [2.24, 2.45) is 0 Å². The van der Waals surface area contributed by atoms with Crippen LogP contribution in [-0.4, -0.2) is 42.3 Å². The van der Waals surface area contributed by atoms with Gasteiger partial charge in [0, 0.05) is 24.6 Å². The van der Waals surface area contributed by atoms with Gasteiger partial charge in [-0.25, -0.2) is 0 Å². The largest absolute Gasteiger partial charge is 0.389 e. The van der Waals surface area contributed by atoms with E-state index in [9.17, 15) is 9.90 Å². The van der Waals surface area contributed by atoms with Crippen LogP contribution in [0.5, 0.6) is 0 Å². The van der Waals surface area contributed by atoms with E-state index in [1.807, 2.05) is 48.5 Å². The summed E-state index contributed by atoms with van der Waals surface area (Å²) in [4.78, 5) is 12.9. The van der Waals surface area contributed by atoms with Gasteiger partial charge < -0.3 is 15.2 Å². The fourth-order valence-electron chi connectivity index (χ4n) is 3.05. The minimum atomic E-state index is -0.613. The Hall–Kier alpha value is -2.01. The summed E-state index contributed by atoms with van der Waals surface area (Å²) < 4.78 is 5.87. The van der Waals surface area contributed by atoms with Crippen LogP contribution in [0.4, 0.5) is 0 Å². The number of aliphatic hydroxyl groups excluding tert-OH is 1. The highest BCUT2D eigenvalue weighted by molar-refractivity contribution is 5.99. The second-order valence-electron chi connectivity index (χ2n) is 6.93. The Morgan fingerprint density at radius 1 is 1.08 bits per heavy atom. The number of hydrogen-bond donors (Lipinski definition) is 2. The molecule has 0 saturated heterocycles. The lowest BCUT2D eigenvalue weighted by atomic mass is 9.93. The van der Waals surface area contributed by atoms with Crippen molar-refractivity contribution in [1.82, 2.24) is 5.32 Å². The van der Waals surface area contributed by atoms with Crippen molar-refractivity contribution in [3.63, 3.8) is 0 Å². The smallest absolute Gasteiger partial charge is 0.191 e. The second-order valence-corrected chi connectivity index (χ2v) is 6.93. The highest BCUT2D eigenvalue weighted by atomic mass is 16.5. The van der Waals surface area contributed by atoms with E-state index in [-0.39, 0.29) is 12.4 Å². The number of rotatable bonds is 10. The number of hydrogen-bond acceptors (Lipinski definition) is 4. The third kappa shape index (κ3) is 5.49. The fourth-order valence-corrected chi connectivity index (χ4v) is 3.05. The van der Waals surface area contributed by atoms with Gasteiger partial charge in [0.25, 0.3) is 0 Å². The lowest BCUT2D eigenvalue weighted by Gasteiger charge is -2.28. The highest BCUT2D eigenvalue weighted by Gasteiger charge is 2.23. The molecule has 1 saturated carbocycles. The SMILES string of the molecule is O=C(c1ccccc1)C(Cc1ccccc1)OCC(O)CNC1CCC1. The summed E-state index contributed by atoms with van der Waals surface area (Å²) in [5.41, 5.74) is 1.68. The van der Waals surface area contributed by atoms with Gasteiger partial charge in [0.15, 0.2) is 5.78 Å². The maximum absolute atomic E-state index is 12.9. The third-order valence-corrected chi connectivity index (χ3v) is 4.85. The minimum Gasteiger partial charge on any atom is -0.389 e. The Morgan fingerprint density at radius 3 is 2.35 bits per heavy atom. The molecule has 0 heterocycles. The van der Waals surface area contributed by atoms with Crippen LogP contribution in [0.15, 0.2) is 60.7 Å². The summed E-state index contributed by atoms with van der Waals surface area (Å²) in [6.07, 6.45) is 2.90. The number of ether oxygens (including phenoxy) is 1. The van der Waals surface area contributed by atoms with Gasteiger partial charge in [0.2, 0.25) is 0 Å². The molecule has 0 aliphatic heterocycles. The summed E-state index contributed by atoms with van der Waals surface area (Å²) in [6.45, 7) is 0.651. The Kier molecular flexibility index (Phi) is 6.95. The molecule has 26 heavy (non-hydrogen) atoms. The van der Waals surface area contributed by atoms with Crippen molar-refractivity contribution in [2.75, 3.05) is 13.2 Å². The van der Waals surface area contributed by atoms with E-state index in [2.05, 4.69) is 5.32 Å². The Bertz CT molecular complexity index is 670. The first-order valence-corrected chi connectivity index (χ1v) is 9.38. The summed E-state index contributed by atoms with van der Waals surface area (Å²) in [5.74, 6) is -0.0476. The van der Waals surface area contributed by atoms with E-state index in [1.165, 1.54) is 19.3 Å². The molecule has 2 aromatic rings. The molecule has 2 N–H and O–H groups in total. The molecule has 1 aliphatic rings. The Morgan fingerprint density at radius 2 is 1.73 bits per heavy atom. The van der Waals surface area contributed by atoms with Crippen LogP contribution in [0, 0.1) is 0 Å². The van der Waals surface area contributed by atoms with Gasteiger partial charge in [0.1, 0.15) is 6.10 Å². The van der Waals surface area contributed by atoms with E-state index in [4.69, 9.17) is 4.74 Å². The van der Waals surface area contributed by atoms with Crippen molar-refractivity contribution < 1.29 is 14.6 Å². The molecule has 2 unspecified atom stereocenters. The van der Waals surface area contributed by atoms with Crippen LogP contribution in [0.25, 0.3) is 0 Å². The van der Waals surface area contributed by atoms with Gasteiger partial charge in [-0.1, -0.05) is 67.1 Å². The number of carbonyl (C=O) groups excluding carboxylic acids is 1. The van der Waals surface area contributed by atoms with E-state index in [1.54, 1.807) is 12.1 Å². The molecule has 2 aromatic carbocycles. The van der Waals surface area contributed by atoms with E-state index >= 15 is 0 Å². The maximum atomic E-state index is 12.9. The number of nitrogens with one attached hydrogen (secondary N) is 1. The monoisotopic (exact) mass is 353 g/mol. The topological polar surface area (TPSA) is 58.6 Å². The molecule has 1 fully saturated rings. The first-order chi connectivity index (χ1) is 12.7. The van der Waals surface area contributed by atoms with Crippen LogP contribution in [0.2, 0.25) is 0 Å². The molecule has 0 radical (unpaired) electrons. The molecule has 138 valence electrons. The predicted molar refractivity (Wildman–Crippen MR) is 102 cm³/mol. The van der Waals surface area contributed by atoms with E-state index in [0.29, 0.717) is 24.6 Å². The standard InChI is InChI=1S/C22H27NO3/c24-20(15-23-19-12-7-13-19)16-26-21(14-17-8-3-1-4-9-17)22(25)18-10-5-2-6-11-18/h1-6,8-11,19-21,23-24H,7,12-16H2. The molecule has 0 aromatic heterocycles. The number of benzene rings is 2. The van der Waals surface area contributed by atoms with E-state index < -0.39 is 12.2 Å². The van der Waals surface area contributed by atoms with Gasteiger partial charge in [-0.2, -0.15) is 0 Å². The molecule has 2 atom stereocenters. The molecule has 4 heteroatoms. The molecule has 0 spiro atoms. The lowest BCUT2D eigenvalue weighted by molar-refractivity contribution is -0.00314. The normalized spacial score (nSPS) is 16.7. The van der Waals surface area contributed by atoms with Gasteiger partial charge >= 0.3 is 0 Å². The average Bonchev–Trinajstić information content (AvgIpc) is 2.65. The zero-order valence-electron chi connectivity index (χ0n) is 15.0. The number of carbonyl (C=O) groups is 1. The quantitative estimate of drug-likeness (QED) is 0.645. The van der Waals surface area contributed by atoms with Crippen molar-refractivity contribution in [1.29, 1.82) is 0 Å². The van der Waals surface area contributed by atoms with E-state index in [0.717, 1.165) is 5.56 Å². The summed E-state index contributed by atoms with van der Waals surface area (Å²) >= 11 is 0. The molecule has 0 amide bonds. The van der Waals surface area contributed by atoms with Crippen LogP contribution >= 0.6 is 0 Å². The highest BCUT2D eigenvalue weighted by Crippen LogP contribution is 2.18. The van der Waals surface area contributed by atoms with Gasteiger partial charge in [-0.15, -0.1) is 0 Å². The summed E-state index contributed by atoms with van der Waals surface area (Å²) in [5, 5.41) is 13.5. The summed E-state index contributed by atoms with van der Waals surface area (Å²) in [6, 6.07) is 19.6. The van der Waals surface area contributed by atoms with Gasteiger partial charge in [-0.05, 0) is 18.4 Å². The number of Topliss-reactive ketones (excluding diaryl/α,β-unsaturated/α-hetero) is 1. The maximum Gasteiger partial charge on any atom is 0.191 e. The minimum absolute atomic E-state index is 0.0476. The Balaban J connectivity index is 1.59. The molecular formula is C22H27NO3. The predicted octanol–water partition coefficient (Wildman–Crippen LogP) is 3.00. The molecule has 1 aliphatic carbocycles. The second kappa shape index (κ2) is 9.62. The summed E-state index contributed by atoms with van der Waals surface area (Å²) in [7, 11) is 0. The molecule has 3 rings (SSSR count). The Labute approximate surface area is 155 Å². The van der Waals surface area contributed by atoms with Crippen LogP contribution in [0.1, 0.15) is 35.2 Å². The van der Waals surface area contributed by atoms with Crippen LogP contribution in [0.3, 0.4) is 0 Å². The molecular weight excluding hydrogens is 326 g/mol. The van der Waals surface area contributed by atoms with Crippen molar-refractivity contribution in [3.05, 3.63) is 71.8 Å². The van der Waals surface area contributed by atoms with Crippen molar-refractivity contribution >= 4 is 5.78 Å². The van der Waals surface area contributed by atoms with Crippen molar-refractivity contribution in [2.45, 2.75) is 43.9 Å². The average molecular weight is 353 g/mol. The zero-order chi connectivity index (χ0) is 18.2. The third-order valence-electron chi connectivity index (χ3n) is 4.85. The number of aliphatic hydroxyl groups is 1. The fraction of sp³-hybridized carbons (Fsp3) is 0.409. The van der Waals surface area contributed by atoms with Gasteiger partial charge in [0.05, 0.1) is 12.7 Å². The first-order valence-electron chi connectivity index (χ1n) is 9.38.